The Morgan fingerprint density at radius 1 is 1.00 bits per heavy atom. The van der Waals surface area contributed by atoms with Crippen LogP contribution in [0.15, 0.2) is 0 Å². The summed E-state index contributed by atoms with van der Waals surface area (Å²) in [6.45, 7) is -0.240. The van der Waals surface area contributed by atoms with Gasteiger partial charge in [0.15, 0.2) is 0 Å². The van der Waals surface area contributed by atoms with Gasteiger partial charge in [0.05, 0.1) is 5.75 Å². The lowest BCUT2D eigenvalue weighted by Gasteiger charge is -2.02. The minimum atomic E-state index is -3.52. The number of sulfone groups is 1. The van der Waals surface area contributed by atoms with Crippen molar-refractivity contribution in [2.45, 2.75) is 25.7 Å². The SMILES string of the molecule is C#CCOS(=O)(=O)CCCCCCS(C)(=O)=O. The summed E-state index contributed by atoms with van der Waals surface area (Å²) in [5.41, 5.74) is 0. The van der Waals surface area contributed by atoms with E-state index in [2.05, 4.69) is 10.1 Å². The zero-order valence-electron chi connectivity index (χ0n) is 9.88. The second-order valence-corrected chi connectivity index (χ2v) is 7.79. The van der Waals surface area contributed by atoms with Crippen LogP contribution in [0.4, 0.5) is 0 Å². The molecular formula is C10H18O5S2. The Balaban J connectivity index is 3.62. The van der Waals surface area contributed by atoms with Crippen LogP contribution in [0.3, 0.4) is 0 Å². The van der Waals surface area contributed by atoms with Crippen LogP contribution in [-0.2, 0) is 24.1 Å². The molecule has 0 N–H and O–H groups in total. The molecule has 0 aliphatic carbocycles. The average Bonchev–Trinajstić information content (AvgIpc) is 2.19. The predicted octanol–water partition coefficient (Wildman–Crippen LogP) is 0.571. The number of hydrogen-bond donors (Lipinski definition) is 0. The second kappa shape index (κ2) is 7.69. The van der Waals surface area contributed by atoms with E-state index < -0.39 is 20.0 Å². The van der Waals surface area contributed by atoms with Crippen LogP contribution < -0.4 is 0 Å². The van der Waals surface area contributed by atoms with Crippen molar-refractivity contribution in [2.75, 3.05) is 24.4 Å². The van der Waals surface area contributed by atoms with Crippen molar-refractivity contribution in [2.24, 2.45) is 0 Å². The first-order valence-corrected chi connectivity index (χ1v) is 8.89. The summed E-state index contributed by atoms with van der Waals surface area (Å²) in [7, 11) is -6.44. The van der Waals surface area contributed by atoms with E-state index in [-0.39, 0.29) is 18.1 Å². The highest BCUT2D eigenvalue weighted by Gasteiger charge is 2.09. The maximum Gasteiger partial charge on any atom is 0.268 e. The molecule has 0 fully saturated rings. The summed E-state index contributed by atoms with van der Waals surface area (Å²) in [5.74, 6) is 2.15. The van der Waals surface area contributed by atoms with Crippen LogP contribution >= 0.6 is 0 Å². The first-order valence-electron chi connectivity index (χ1n) is 5.25. The van der Waals surface area contributed by atoms with Crippen molar-refractivity contribution in [1.29, 1.82) is 0 Å². The number of hydrogen-bond acceptors (Lipinski definition) is 5. The van der Waals surface area contributed by atoms with E-state index in [1.165, 1.54) is 6.26 Å². The van der Waals surface area contributed by atoms with Crippen LogP contribution in [0.1, 0.15) is 25.7 Å². The normalized spacial score (nSPS) is 12.2. The van der Waals surface area contributed by atoms with Crippen molar-refractivity contribution < 1.29 is 21.0 Å². The summed E-state index contributed by atoms with van der Waals surface area (Å²) in [6, 6.07) is 0. The predicted molar refractivity (Wildman–Crippen MR) is 66.8 cm³/mol. The Morgan fingerprint density at radius 2 is 1.53 bits per heavy atom. The minimum absolute atomic E-state index is 0.0758. The van der Waals surface area contributed by atoms with Crippen molar-refractivity contribution in [1.82, 2.24) is 0 Å². The van der Waals surface area contributed by atoms with Gasteiger partial charge in [-0.25, -0.2) is 8.42 Å². The van der Waals surface area contributed by atoms with Crippen molar-refractivity contribution in [3.63, 3.8) is 0 Å². The van der Waals surface area contributed by atoms with E-state index in [0.717, 1.165) is 0 Å². The van der Waals surface area contributed by atoms with E-state index in [4.69, 9.17) is 6.42 Å². The summed E-state index contributed by atoms with van der Waals surface area (Å²) in [4.78, 5) is 0. The molecule has 0 amide bonds. The van der Waals surface area contributed by atoms with Gasteiger partial charge in [-0.2, -0.15) is 8.42 Å². The van der Waals surface area contributed by atoms with Gasteiger partial charge in [-0.15, -0.1) is 6.42 Å². The maximum atomic E-state index is 11.2. The van der Waals surface area contributed by atoms with Crippen LogP contribution in [-0.4, -0.2) is 41.2 Å². The molecule has 0 saturated carbocycles. The molecule has 0 aromatic heterocycles. The lowest BCUT2D eigenvalue weighted by molar-refractivity contribution is 0.362. The standard InChI is InChI=1S/C10H18O5S2/c1-3-8-15-17(13,14)10-7-5-4-6-9-16(2,11)12/h1H,4-10H2,2H3. The fourth-order valence-electron chi connectivity index (χ4n) is 1.18. The molecule has 0 unspecified atom stereocenters. The Kier molecular flexibility index (Phi) is 7.43. The minimum Gasteiger partial charge on any atom is -0.257 e. The molecule has 0 bridgehead atoms. The average molecular weight is 282 g/mol. The fourth-order valence-corrected chi connectivity index (χ4v) is 2.83. The molecule has 0 aliphatic rings. The monoisotopic (exact) mass is 282 g/mol. The van der Waals surface area contributed by atoms with Gasteiger partial charge in [0.25, 0.3) is 10.1 Å². The van der Waals surface area contributed by atoms with Gasteiger partial charge in [0.2, 0.25) is 0 Å². The van der Waals surface area contributed by atoms with Crippen molar-refractivity contribution in [3.05, 3.63) is 0 Å². The third-order valence-corrected chi connectivity index (χ3v) is 4.28. The molecule has 100 valence electrons. The lowest BCUT2D eigenvalue weighted by Crippen LogP contribution is -2.11. The van der Waals surface area contributed by atoms with Crippen molar-refractivity contribution >= 4 is 20.0 Å². The molecule has 0 aromatic rings. The summed E-state index contributed by atoms with van der Waals surface area (Å²) >= 11 is 0. The van der Waals surface area contributed by atoms with Gasteiger partial charge in [0.1, 0.15) is 16.4 Å². The zero-order chi connectivity index (χ0) is 13.4. The summed E-state index contributed by atoms with van der Waals surface area (Å²) < 4.78 is 48.4. The van der Waals surface area contributed by atoms with Crippen molar-refractivity contribution in [3.8, 4) is 12.3 Å². The first-order chi connectivity index (χ1) is 7.77. The zero-order valence-corrected chi connectivity index (χ0v) is 11.5. The van der Waals surface area contributed by atoms with Crippen LogP contribution in [0, 0.1) is 12.3 Å². The molecule has 0 heterocycles. The molecule has 0 saturated heterocycles. The number of unbranched alkanes of at least 4 members (excludes halogenated alkanes) is 3. The molecule has 0 radical (unpaired) electrons. The molecule has 0 aliphatic heterocycles. The summed E-state index contributed by atoms with van der Waals surface area (Å²) in [5, 5.41) is 0. The molecule has 5 nitrogen and oxygen atoms in total. The van der Waals surface area contributed by atoms with E-state index in [1.807, 2.05) is 0 Å². The van der Waals surface area contributed by atoms with Gasteiger partial charge in [-0.3, -0.25) is 4.18 Å². The fraction of sp³-hybridized carbons (Fsp3) is 0.800. The molecule has 17 heavy (non-hydrogen) atoms. The highest BCUT2D eigenvalue weighted by Crippen LogP contribution is 2.05. The van der Waals surface area contributed by atoms with E-state index >= 15 is 0 Å². The topological polar surface area (TPSA) is 77.5 Å². The van der Waals surface area contributed by atoms with Gasteiger partial charge in [-0.1, -0.05) is 18.8 Å². The quantitative estimate of drug-likeness (QED) is 0.351. The van der Waals surface area contributed by atoms with E-state index in [9.17, 15) is 16.8 Å². The molecule has 0 atom stereocenters. The van der Waals surface area contributed by atoms with Crippen LogP contribution in [0.2, 0.25) is 0 Å². The van der Waals surface area contributed by atoms with Gasteiger partial charge in [0, 0.05) is 12.0 Å². The Labute approximate surface area is 104 Å². The number of terminal acetylenes is 1. The second-order valence-electron chi connectivity index (χ2n) is 3.77. The molecular weight excluding hydrogens is 264 g/mol. The van der Waals surface area contributed by atoms with Gasteiger partial charge < -0.3 is 0 Å². The van der Waals surface area contributed by atoms with Crippen LogP contribution in [0.5, 0.6) is 0 Å². The van der Waals surface area contributed by atoms with Gasteiger partial charge in [-0.05, 0) is 12.8 Å². The third-order valence-electron chi connectivity index (χ3n) is 1.98. The molecule has 0 aromatic carbocycles. The Hall–Kier alpha value is -0.580. The highest BCUT2D eigenvalue weighted by atomic mass is 32.2. The Bertz CT molecular complexity index is 442. The largest absolute Gasteiger partial charge is 0.268 e. The summed E-state index contributed by atoms with van der Waals surface area (Å²) in [6.07, 6.45) is 8.43. The molecule has 0 spiro atoms. The first kappa shape index (κ1) is 16.4. The van der Waals surface area contributed by atoms with Crippen LogP contribution in [0.25, 0.3) is 0 Å². The Morgan fingerprint density at radius 3 is 2.00 bits per heavy atom. The molecule has 7 heteroatoms. The third kappa shape index (κ3) is 11.7. The number of rotatable bonds is 9. The highest BCUT2D eigenvalue weighted by molar-refractivity contribution is 7.90. The van der Waals surface area contributed by atoms with E-state index in [1.54, 1.807) is 0 Å². The van der Waals surface area contributed by atoms with Gasteiger partial charge >= 0.3 is 0 Å². The smallest absolute Gasteiger partial charge is 0.257 e. The molecule has 0 rings (SSSR count). The maximum absolute atomic E-state index is 11.2. The van der Waals surface area contributed by atoms with E-state index in [0.29, 0.717) is 25.7 Å². The lowest BCUT2D eigenvalue weighted by atomic mass is 10.2.